The van der Waals surface area contributed by atoms with Gasteiger partial charge in [0, 0.05) is 54.4 Å². The minimum absolute atomic E-state index is 0.0891. The first-order valence-electron chi connectivity index (χ1n) is 13.4. The fraction of sp³-hybridized carbons (Fsp3) is 0.433. The van der Waals surface area contributed by atoms with Gasteiger partial charge in [-0.1, -0.05) is 0 Å². The number of aromatic nitrogens is 1. The molecule has 6 nitrogen and oxygen atoms in total. The number of halogens is 2. The summed E-state index contributed by atoms with van der Waals surface area (Å²) in [5.41, 5.74) is 2.76. The van der Waals surface area contributed by atoms with Crippen molar-refractivity contribution >= 4 is 22.9 Å². The quantitative estimate of drug-likeness (QED) is 0.430. The Hall–Kier alpha value is -3.23. The summed E-state index contributed by atoms with van der Waals surface area (Å²) >= 11 is 0. The molecule has 2 N–H and O–H groups in total. The topological polar surface area (TPSA) is 68.8 Å². The van der Waals surface area contributed by atoms with Gasteiger partial charge in [-0.05, 0) is 92.1 Å². The van der Waals surface area contributed by atoms with E-state index in [1.54, 1.807) is 12.0 Å². The fourth-order valence-electron chi connectivity index (χ4n) is 6.15. The lowest BCUT2D eigenvalue weighted by Crippen LogP contribution is -2.50. The number of likely N-dealkylation sites (tertiary alicyclic amines) is 2. The van der Waals surface area contributed by atoms with E-state index in [4.69, 9.17) is 4.74 Å². The van der Waals surface area contributed by atoms with E-state index in [2.05, 4.69) is 22.1 Å². The zero-order chi connectivity index (χ0) is 26.6. The Labute approximate surface area is 221 Å². The predicted molar refractivity (Wildman–Crippen MR) is 144 cm³/mol. The van der Waals surface area contributed by atoms with Crippen LogP contribution in [-0.4, -0.2) is 71.7 Å². The third-order valence-corrected chi connectivity index (χ3v) is 8.25. The number of nitrogens with one attached hydrogen (secondary N) is 1. The summed E-state index contributed by atoms with van der Waals surface area (Å²) in [5.74, 6) is 0.148. The van der Waals surface area contributed by atoms with Crippen molar-refractivity contribution < 1.29 is 23.4 Å². The molecule has 1 aromatic heterocycles. The highest BCUT2D eigenvalue weighted by molar-refractivity contribution is 5.91. The van der Waals surface area contributed by atoms with Crippen LogP contribution in [0, 0.1) is 17.6 Å². The smallest absolute Gasteiger partial charge is 0.246 e. The Kier molecular flexibility index (Phi) is 8.09. The van der Waals surface area contributed by atoms with Crippen LogP contribution in [0.2, 0.25) is 0 Å². The van der Waals surface area contributed by atoms with Crippen LogP contribution >= 0.6 is 0 Å². The lowest BCUT2D eigenvalue weighted by molar-refractivity contribution is -0.127. The number of fused-ring (bicyclic) bond motifs is 1. The first-order valence-corrected chi connectivity index (χ1v) is 13.4. The number of piperidine rings is 2. The van der Waals surface area contributed by atoms with E-state index in [-0.39, 0.29) is 18.6 Å². The number of nitrogens with zero attached hydrogens (tertiary/aromatic N) is 2. The average Bonchev–Trinajstić information content (AvgIpc) is 3.35. The van der Waals surface area contributed by atoms with E-state index in [1.807, 2.05) is 12.1 Å². The molecule has 2 saturated heterocycles. The molecule has 1 amide bonds. The van der Waals surface area contributed by atoms with Gasteiger partial charge in [-0.2, -0.15) is 0 Å². The zero-order valence-electron chi connectivity index (χ0n) is 21.7. The number of aliphatic hydroxyl groups is 1. The molecule has 2 aliphatic heterocycles. The highest BCUT2D eigenvalue weighted by atomic mass is 19.1. The number of carbonyl (C=O) groups excluding carboxylic acids is 1. The maximum Gasteiger partial charge on any atom is 0.246 e. The SMILES string of the molecule is COc1ccc2c(C3CCN(C(CO)C4CCN(C(=O)C=Cc5cc(F)cc(F)c5)CC4)CC3)c[nH]c2c1. The van der Waals surface area contributed by atoms with Gasteiger partial charge in [0.1, 0.15) is 17.4 Å². The van der Waals surface area contributed by atoms with Crippen molar-refractivity contribution in [2.75, 3.05) is 39.9 Å². The largest absolute Gasteiger partial charge is 0.497 e. The molecule has 3 aromatic rings. The minimum atomic E-state index is -0.667. The normalized spacial score (nSPS) is 18.9. The molecule has 38 heavy (non-hydrogen) atoms. The van der Waals surface area contributed by atoms with Gasteiger partial charge in [0.05, 0.1) is 13.7 Å². The number of carbonyl (C=O) groups is 1. The van der Waals surface area contributed by atoms with Crippen LogP contribution in [-0.2, 0) is 4.79 Å². The van der Waals surface area contributed by atoms with Gasteiger partial charge in [0.2, 0.25) is 5.91 Å². The molecule has 0 saturated carbocycles. The Balaban J connectivity index is 1.14. The molecule has 0 spiro atoms. The third-order valence-electron chi connectivity index (χ3n) is 8.25. The molecule has 8 heteroatoms. The molecule has 202 valence electrons. The van der Waals surface area contributed by atoms with Gasteiger partial charge in [0.25, 0.3) is 0 Å². The number of ether oxygens (including phenoxy) is 1. The number of amides is 1. The summed E-state index contributed by atoms with van der Waals surface area (Å²) in [5, 5.41) is 11.5. The fourth-order valence-corrected chi connectivity index (χ4v) is 6.15. The van der Waals surface area contributed by atoms with E-state index in [9.17, 15) is 18.7 Å². The van der Waals surface area contributed by atoms with Crippen LogP contribution in [0.25, 0.3) is 17.0 Å². The first-order chi connectivity index (χ1) is 18.4. The first kappa shape index (κ1) is 26.4. The summed E-state index contributed by atoms with van der Waals surface area (Å²) in [7, 11) is 1.68. The number of H-pyrrole nitrogens is 1. The Bertz CT molecular complexity index is 1270. The molecule has 0 bridgehead atoms. The molecular formula is C30H35F2N3O3. The number of aromatic amines is 1. The highest BCUT2D eigenvalue weighted by Gasteiger charge is 2.34. The third kappa shape index (κ3) is 5.76. The van der Waals surface area contributed by atoms with Crippen molar-refractivity contribution in [2.45, 2.75) is 37.6 Å². The molecule has 0 radical (unpaired) electrons. The number of hydrogen-bond acceptors (Lipinski definition) is 4. The molecule has 0 aliphatic carbocycles. The summed E-state index contributed by atoms with van der Waals surface area (Å²) in [6.45, 7) is 3.20. The van der Waals surface area contributed by atoms with Gasteiger partial charge >= 0.3 is 0 Å². The van der Waals surface area contributed by atoms with Crippen LogP contribution < -0.4 is 4.74 Å². The van der Waals surface area contributed by atoms with E-state index < -0.39 is 11.6 Å². The maximum atomic E-state index is 13.4. The van der Waals surface area contributed by atoms with Crippen molar-refractivity contribution in [2.24, 2.45) is 5.92 Å². The average molecular weight is 524 g/mol. The molecule has 2 aliphatic rings. The van der Waals surface area contributed by atoms with Crippen LogP contribution in [0.3, 0.4) is 0 Å². The van der Waals surface area contributed by atoms with Crippen LogP contribution in [0.15, 0.2) is 48.7 Å². The summed E-state index contributed by atoms with van der Waals surface area (Å²) < 4.78 is 32.1. The summed E-state index contributed by atoms with van der Waals surface area (Å²) in [6.07, 6.45) is 8.68. The lowest BCUT2D eigenvalue weighted by Gasteiger charge is -2.43. The van der Waals surface area contributed by atoms with Gasteiger partial charge in [-0.15, -0.1) is 0 Å². The lowest BCUT2D eigenvalue weighted by atomic mass is 9.84. The number of hydrogen-bond donors (Lipinski definition) is 2. The Morgan fingerprint density at radius 1 is 1.08 bits per heavy atom. The molecule has 5 rings (SSSR count). The molecule has 1 atom stereocenters. The van der Waals surface area contributed by atoms with Gasteiger partial charge in [-0.25, -0.2) is 8.78 Å². The highest BCUT2D eigenvalue weighted by Crippen LogP contribution is 2.36. The zero-order valence-corrected chi connectivity index (χ0v) is 21.7. The summed E-state index contributed by atoms with van der Waals surface area (Å²) in [4.78, 5) is 20.2. The van der Waals surface area contributed by atoms with E-state index in [0.29, 0.717) is 30.5 Å². The molecule has 1 unspecified atom stereocenters. The number of benzene rings is 2. The molecule has 2 fully saturated rings. The van der Waals surface area contributed by atoms with Crippen LogP contribution in [0.4, 0.5) is 8.78 Å². The van der Waals surface area contributed by atoms with Crippen molar-refractivity contribution in [3.8, 4) is 5.75 Å². The number of rotatable bonds is 7. The second kappa shape index (κ2) is 11.7. The van der Waals surface area contributed by atoms with Crippen LogP contribution in [0.1, 0.15) is 42.7 Å². The van der Waals surface area contributed by atoms with E-state index >= 15 is 0 Å². The van der Waals surface area contributed by atoms with Crippen molar-refractivity contribution in [3.05, 3.63) is 71.4 Å². The number of methoxy groups -OCH3 is 1. The standard InChI is InChI=1S/C30H35F2N3O3/c1-38-25-3-4-26-27(18-33-28(26)17-25)21-6-10-34(11-7-21)29(19-36)22-8-12-35(13-9-22)30(37)5-2-20-14-23(31)16-24(32)15-20/h2-5,14-18,21-22,29,33,36H,6-13,19H2,1H3. The predicted octanol–water partition coefficient (Wildman–Crippen LogP) is 4.95. The maximum absolute atomic E-state index is 13.4. The van der Waals surface area contributed by atoms with Crippen molar-refractivity contribution in [3.63, 3.8) is 0 Å². The second-order valence-corrected chi connectivity index (χ2v) is 10.4. The monoisotopic (exact) mass is 523 g/mol. The van der Waals surface area contributed by atoms with Crippen molar-refractivity contribution in [1.82, 2.24) is 14.8 Å². The van der Waals surface area contributed by atoms with E-state index in [1.165, 1.54) is 35.2 Å². The van der Waals surface area contributed by atoms with Crippen LogP contribution in [0.5, 0.6) is 5.75 Å². The van der Waals surface area contributed by atoms with Gasteiger partial charge in [-0.3, -0.25) is 9.69 Å². The summed E-state index contributed by atoms with van der Waals surface area (Å²) in [6, 6.07) is 9.46. The van der Waals surface area contributed by atoms with Gasteiger partial charge < -0.3 is 19.7 Å². The minimum Gasteiger partial charge on any atom is -0.497 e. The molecule has 2 aromatic carbocycles. The van der Waals surface area contributed by atoms with Crippen molar-refractivity contribution in [1.29, 1.82) is 0 Å². The second-order valence-electron chi connectivity index (χ2n) is 10.4. The molecular weight excluding hydrogens is 488 g/mol. The van der Waals surface area contributed by atoms with E-state index in [0.717, 1.165) is 56.1 Å². The Morgan fingerprint density at radius 2 is 1.79 bits per heavy atom. The Morgan fingerprint density at radius 3 is 2.45 bits per heavy atom. The number of aliphatic hydroxyl groups excluding tert-OH is 1. The van der Waals surface area contributed by atoms with Gasteiger partial charge in [0.15, 0.2) is 0 Å². The molecule has 3 heterocycles.